The molecule has 3 rings (SSSR count). The van der Waals surface area contributed by atoms with E-state index in [2.05, 4.69) is 15.4 Å². The summed E-state index contributed by atoms with van der Waals surface area (Å²) in [6.07, 6.45) is 4.48. The van der Waals surface area contributed by atoms with E-state index in [-0.39, 0.29) is 36.8 Å². The maximum atomic E-state index is 12.5. The number of pyridine rings is 1. The van der Waals surface area contributed by atoms with Crippen molar-refractivity contribution in [3.63, 3.8) is 0 Å². The molecule has 0 bridgehead atoms. The Hall–Kier alpha value is -1.63. The largest absolute Gasteiger partial charge is 0.336 e. The Morgan fingerprint density at radius 1 is 1.36 bits per heavy atom. The third-order valence-corrected chi connectivity index (χ3v) is 3.60. The first-order valence-corrected chi connectivity index (χ1v) is 6.70. The summed E-state index contributed by atoms with van der Waals surface area (Å²) in [5.41, 5.74) is 0.451. The second-order valence-corrected chi connectivity index (χ2v) is 4.89. The van der Waals surface area contributed by atoms with E-state index in [1.807, 2.05) is 25.2 Å². The summed E-state index contributed by atoms with van der Waals surface area (Å²) in [5.74, 6) is 0.603. The molecule has 0 spiro atoms. The van der Waals surface area contributed by atoms with Gasteiger partial charge in [-0.2, -0.15) is 5.10 Å². The molecule has 1 saturated heterocycles. The van der Waals surface area contributed by atoms with Crippen LogP contribution in [0.1, 0.15) is 16.9 Å². The van der Waals surface area contributed by atoms with E-state index in [0.717, 1.165) is 19.5 Å². The van der Waals surface area contributed by atoms with Gasteiger partial charge in [0.15, 0.2) is 5.82 Å². The van der Waals surface area contributed by atoms with Gasteiger partial charge in [0.05, 0.1) is 0 Å². The Morgan fingerprint density at radius 3 is 2.82 bits per heavy atom. The lowest BCUT2D eigenvalue weighted by atomic mass is 10.2. The van der Waals surface area contributed by atoms with E-state index < -0.39 is 0 Å². The highest BCUT2D eigenvalue weighted by atomic mass is 35.5. The summed E-state index contributed by atoms with van der Waals surface area (Å²) >= 11 is 0. The molecule has 8 heteroatoms. The van der Waals surface area contributed by atoms with Gasteiger partial charge in [0, 0.05) is 32.0 Å². The fraction of sp³-hybridized carbons (Fsp3) is 0.357. The van der Waals surface area contributed by atoms with Crippen molar-refractivity contribution in [1.82, 2.24) is 25.0 Å². The van der Waals surface area contributed by atoms with Gasteiger partial charge in [-0.15, -0.1) is 24.8 Å². The van der Waals surface area contributed by atoms with Gasteiger partial charge in [-0.25, -0.2) is 9.67 Å². The molecule has 1 atom stereocenters. The monoisotopic (exact) mass is 343 g/mol. The fourth-order valence-corrected chi connectivity index (χ4v) is 2.39. The molecule has 0 saturated carbocycles. The summed E-state index contributed by atoms with van der Waals surface area (Å²) in [7, 11) is 1.84. The second kappa shape index (κ2) is 8.12. The van der Waals surface area contributed by atoms with E-state index in [0.29, 0.717) is 11.5 Å². The summed E-state index contributed by atoms with van der Waals surface area (Å²) in [6.45, 7) is 1.81. The van der Waals surface area contributed by atoms with Crippen LogP contribution in [0.15, 0.2) is 36.7 Å². The van der Waals surface area contributed by atoms with Crippen molar-refractivity contribution in [2.45, 2.75) is 12.5 Å². The molecule has 1 unspecified atom stereocenters. The number of halogens is 2. The number of rotatable bonds is 3. The molecule has 1 N–H and O–H groups in total. The molecule has 1 aliphatic heterocycles. The van der Waals surface area contributed by atoms with Crippen molar-refractivity contribution in [1.29, 1.82) is 0 Å². The first-order valence-electron chi connectivity index (χ1n) is 6.70. The summed E-state index contributed by atoms with van der Waals surface area (Å²) in [6, 6.07) is 7.48. The standard InChI is InChI=1S/C14H17N5O.2ClH/c1-18(11-6-8-15-10-11)14(20)12-4-2-5-13(17-12)19-9-3-7-16-19;;/h2-5,7,9,11,15H,6,8,10H2,1H3;2*1H. The van der Waals surface area contributed by atoms with Crippen LogP contribution in [-0.4, -0.2) is 51.8 Å². The van der Waals surface area contributed by atoms with Gasteiger partial charge in [-0.1, -0.05) is 6.07 Å². The molecule has 0 aromatic carbocycles. The molecule has 3 heterocycles. The number of carbonyl (C=O) groups is 1. The Bertz CT molecular complexity index is 599. The normalized spacial score (nSPS) is 16.5. The third-order valence-electron chi connectivity index (χ3n) is 3.60. The lowest BCUT2D eigenvalue weighted by molar-refractivity contribution is 0.0738. The smallest absolute Gasteiger partial charge is 0.272 e. The fourth-order valence-electron chi connectivity index (χ4n) is 2.39. The molecule has 120 valence electrons. The highest BCUT2D eigenvalue weighted by molar-refractivity contribution is 5.92. The third kappa shape index (κ3) is 3.76. The molecule has 1 aliphatic rings. The quantitative estimate of drug-likeness (QED) is 0.918. The van der Waals surface area contributed by atoms with Crippen molar-refractivity contribution in [2.75, 3.05) is 20.1 Å². The van der Waals surface area contributed by atoms with Crippen LogP contribution in [0.2, 0.25) is 0 Å². The van der Waals surface area contributed by atoms with Crippen molar-refractivity contribution in [3.05, 3.63) is 42.4 Å². The summed E-state index contributed by atoms with van der Waals surface area (Å²) < 4.78 is 1.65. The first-order chi connectivity index (χ1) is 9.75. The predicted octanol–water partition coefficient (Wildman–Crippen LogP) is 1.54. The van der Waals surface area contributed by atoms with Crippen LogP contribution in [0.5, 0.6) is 0 Å². The molecule has 0 aliphatic carbocycles. The Balaban J connectivity index is 0.00000121. The Labute approximate surface area is 141 Å². The van der Waals surface area contributed by atoms with Crippen molar-refractivity contribution < 1.29 is 4.79 Å². The van der Waals surface area contributed by atoms with E-state index in [1.165, 1.54) is 0 Å². The number of amides is 1. The molecule has 0 radical (unpaired) electrons. The minimum Gasteiger partial charge on any atom is -0.336 e. The average Bonchev–Trinajstić information content (AvgIpc) is 3.18. The molecular weight excluding hydrogens is 325 g/mol. The van der Waals surface area contributed by atoms with Crippen LogP contribution in [0.3, 0.4) is 0 Å². The predicted molar refractivity (Wildman–Crippen MR) is 89.2 cm³/mol. The lowest BCUT2D eigenvalue weighted by Gasteiger charge is -2.23. The molecule has 1 fully saturated rings. The number of nitrogens with zero attached hydrogens (tertiary/aromatic N) is 4. The maximum Gasteiger partial charge on any atom is 0.272 e. The van der Waals surface area contributed by atoms with Crippen LogP contribution in [0, 0.1) is 0 Å². The van der Waals surface area contributed by atoms with Gasteiger partial charge in [-0.05, 0) is 31.2 Å². The number of hydrogen-bond acceptors (Lipinski definition) is 4. The molecule has 6 nitrogen and oxygen atoms in total. The molecular formula is C14H19Cl2N5O. The maximum absolute atomic E-state index is 12.5. The average molecular weight is 344 g/mol. The van der Waals surface area contributed by atoms with E-state index >= 15 is 0 Å². The van der Waals surface area contributed by atoms with E-state index in [1.54, 1.807) is 28.0 Å². The minimum atomic E-state index is -0.0484. The molecule has 22 heavy (non-hydrogen) atoms. The zero-order chi connectivity index (χ0) is 13.9. The zero-order valence-electron chi connectivity index (χ0n) is 12.2. The highest BCUT2D eigenvalue weighted by Crippen LogP contribution is 2.11. The van der Waals surface area contributed by atoms with Gasteiger partial charge in [-0.3, -0.25) is 4.79 Å². The van der Waals surface area contributed by atoms with Gasteiger partial charge < -0.3 is 10.2 Å². The first kappa shape index (κ1) is 18.4. The van der Waals surface area contributed by atoms with Crippen LogP contribution in [0.25, 0.3) is 5.82 Å². The lowest BCUT2D eigenvalue weighted by Crippen LogP contribution is -2.38. The number of hydrogen-bond donors (Lipinski definition) is 1. The van der Waals surface area contributed by atoms with Gasteiger partial charge in [0.25, 0.3) is 5.91 Å². The number of likely N-dealkylation sites (N-methyl/N-ethyl adjacent to an activating group) is 1. The molecule has 1 amide bonds. The van der Waals surface area contributed by atoms with Crippen LogP contribution in [-0.2, 0) is 0 Å². The summed E-state index contributed by atoms with van der Waals surface area (Å²) in [4.78, 5) is 18.6. The van der Waals surface area contributed by atoms with Gasteiger partial charge in [0.1, 0.15) is 5.69 Å². The molecule has 2 aromatic heterocycles. The Morgan fingerprint density at radius 2 is 2.18 bits per heavy atom. The number of carbonyl (C=O) groups excluding carboxylic acids is 1. The number of aromatic nitrogens is 3. The van der Waals surface area contributed by atoms with Crippen molar-refractivity contribution in [3.8, 4) is 5.82 Å². The summed E-state index contributed by atoms with van der Waals surface area (Å²) in [5, 5.41) is 7.39. The number of nitrogens with one attached hydrogen (secondary N) is 1. The van der Waals surface area contributed by atoms with Crippen LogP contribution >= 0.6 is 24.8 Å². The van der Waals surface area contributed by atoms with Gasteiger partial charge in [0.2, 0.25) is 0 Å². The van der Waals surface area contributed by atoms with Gasteiger partial charge >= 0.3 is 0 Å². The topological polar surface area (TPSA) is 63.1 Å². The Kier molecular flexibility index (Phi) is 6.80. The van der Waals surface area contributed by atoms with Crippen molar-refractivity contribution in [2.24, 2.45) is 0 Å². The van der Waals surface area contributed by atoms with Crippen LogP contribution < -0.4 is 5.32 Å². The zero-order valence-corrected chi connectivity index (χ0v) is 13.8. The SMILES string of the molecule is CN(C(=O)c1cccc(-n2cccn2)n1)C1CCNC1.Cl.Cl. The van der Waals surface area contributed by atoms with Crippen LogP contribution in [0.4, 0.5) is 0 Å². The second-order valence-electron chi connectivity index (χ2n) is 4.89. The molecule has 2 aromatic rings. The highest BCUT2D eigenvalue weighted by Gasteiger charge is 2.24. The minimum absolute atomic E-state index is 0. The van der Waals surface area contributed by atoms with Crippen molar-refractivity contribution >= 4 is 30.7 Å². The van der Waals surface area contributed by atoms with E-state index in [4.69, 9.17) is 0 Å². The van der Waals surface area contributed by atoms with E-state index in [9.17, 15) is 4.79 Å².